The Labute approximate surface area is 177 Å². The van der Waals surface area contributed by atoms with Crippen molar-refractivity contribution in [2.24, 2.45) is 4.99 Å². The lowest BCUT2D eigenvalue weighted by Gasteiger charge is -2.29. The first-order valence-electron chi connectivity index (χ1n) is 9.99. The van der Waals surface area contributed by atoms with Gasteiger partial charge in [-0.05, 0) is 50.1 Å². The second-order valence-electron chi connectivity index (χ2n) is 8.00. The number of ether oxygens (including phenoxy) is 2. The molecule has 1 aliphatic heterocycles. The van der Waals surface area contributed by atoms with Crippen molar-refractivity contribution in [3.8, 4) is 5.75 Å². The third-order valence-electron chi connectivity index (χ3n) is 5.08. The van der Waals surface area contributed by atoms with Crippen LogP contribution in [0.15, 0.2) is 47.5 Å². The fraction of sp³-hybridized carbons (Fsp3) is 0.375. The highest BCUT2D eigenvalue weighted by atomic mass is 16.5. The molecular formula is C24H28N2O4. The molecule has 0 spiro atoms. The number of carbonyl (C=O) groups excluding carboxylic acids is 2. The third kappa shape index (κ3) is 5.13. The molecular weight excluding hydrogens is 380 g/mol. The zero-order valence-corrected chi connectivity index (χ0v) is 18.0. The topological polar surface area (TPSA) is 77.0 Å². The van der Waals surface area contributed by atoms with Crippen LogP contribution in [-0.4, -0.2) is 50.3 Å². The van der Waals surface area contributed by atoms with Gasteiger partial charge < -0.3 is 14.8 Å². The van der Waals surface area contributed by atoms with Gasteiger partial charge in [0, 0.05) is 30.3 Å². The molecule has 3 rings (SSSR count). The van der Waals surface area contributed by atoms with Crippen molar-refractivity contribution in [3.05, 3.63) is 64.7 Å². The van der Waals surface area contributed by atoms with Crippen LogP contribution in [0.3, 0.4) is 0 Å². The predicted molar refractivity (Wildman–Crippen MR) is 117 cm³/mol. The Morgan fingerprint density at radius 3 is 2.43 bits per heavy atom. The first kappa shape index (κ1) is 21.7. The highest BCUT2D eigenvalue weighted by Gasteiger charge is 2.28. The lowest BCUT2D eigenvalue weighted by molar-refractivity contribution is 0.0935. The fourth-order valence-corrected chi connectivity index (χ4v) is 3.60. The average molecular weight is 408 g/mol. The molecule has 0 bridgehead atoms. The molecule has 0 saturated heterocycles. The van der Waals surface area contributed by atoms with E-state index in [1.54, 1.807) is 38.5 Å². The van der Waals surface area contributed by atoms with E-state index in [2.05, 4.69) is 19.2 Å². The molecule has 0 fully saturated rings. The molecule has 158 valence electrons. The maximum atomic E-state index is 13.0. The second kappa shape index (κ2) is 9.22. The minimum absolute atomic E-state index is 0.0356. The summed E-state index contributed by atoms with van der Waals surface area (Å²) in [6, 6.07) is 12.6. The number of rotatable bonds is 8. The standard InChI is InChI=1S/C24H28N2O4/c1-24(2)15-18-9-10-19(30-4)13-20(18)21(26-24)14-22(27)16-5-7-17(8-6-16)23(28)25-11-12-29-3/h5-10,13H,11-12,14-15H2,1-4H3,(H,25,28). The molecule has 0 aromatic heterocycles. The number of Topliss-reactive ketones (excluding diaryl/α,β-unsaturated/α-hetero) is 1. The first-order chi connectivity index (χ1) is 14.3. The molecule has 0 atom stereocenters. The molecule has 1 N–H and O–H groups in total. The number of carbonyl (C=O) groups is 2. The summed E-state index contributed by atoms with van der Waals surface area (Å²) < 4.78 is 10.3. The Hall–Kier alpha value is -2.99. The van der Waals surface area contributed by atoms with Gasteiger partial charge in [-0.1, -0.05) is 18.2 Å². The number of nitrogens with one attached hydrogen (secondary N) is 1. The molecule has 1 amide bonds. The van der Waals surface area contributed by atoms with E-state index in [1.165, 1.54) is 5.56 Å². The van der Waals surface area contributed by atoms with Crippen LogP contribution in [0.1, 0.15) is 52.1 Å². The third-order valence-corrected chi connectivity index (χ3v) is 5.08. The van der Waals surface area contributed by atoms with Crippen molar-refractivity contribution in [2.45, 2.75) is 32.2 Å². The second-order valence-corrected chi connectivity index (χ2v) is 8.00. The molecule has 1 heterocycles. The van der Waals surface area contributed by atoms with Crippen LogP contribution in [0, 0.1) is 0 Å². The zero-order valence-electron chi connectivity index (χ0n) is 18.0. The first-order valence-corrected chi connectivity index (χ1v) is 9.99. The SMILES string of the molecule is COCCNC(=O)c1ccc(C(=O)CC2=NC(C)(C)Cc3ccc(OC)cc32)cc1. The van der Waals surface area contributed by atoms with Gasteiger partial charge in [-0.15, -0.1) is 0 Å². The number of fused-ring (bicyclic) bond motifs is 1. The number of ketones is 1. The molecule has 0 aliphatic carbocycles. The van der Waals surface area contributed by atoms with Crippen molar-refractivity contribution < 1.29 is 19.1 Å². The number of hydrogen-bond acceptors (Lipinski definition) is 5. The van der Waals surface area contributed by atoms with E-state index in [0.29, 0.717) is 24.3 Å². The molecule has 0 unspecified atom stereocenters. The van der Waals surface area contributed by atoms with Gasteiger partial charge in [0.25, 0.3) is 5.91 Å². The number of aliphatic imine (C=N–C) groups is 1. The van der Waals surface area contributed by atoms with Crippen LogP contribution >= 0.6 is 0 Å². The number of amides is 1. The molecule has 6 heteroatoms. The van der Waals surface area contributed by atoms with Gasteiger partial charge in [0.1, 0.15) is 5.75 Å². The highest BCUT2D eigenvalue weighted by Crippen LogP contribution is 2.31. The molecule has 0 saturated carbocycles. The molecule has 2 aromatic carbocycles. The summed E-state index contributed by atoms with van der Waals surface area (Å²) >= 11 is 0. The van der Waals surface area contributed by atoms with Crippen molar-refractivity contribution in [3.63, 3.8) is 0 Å². The van der Waals surface area contributed by atoms with E-state index in [9.17, 15) is 9.59 Å². The monoisotopic (exact) mass is 408 g/mol. The summed E-state index contributed by atoms with van der Waals surface area (Å²) in [5.74, 6) is 0.523. The van der Waals surface area contributed by atoms with Crippen LogP contribution < -0.4 is 10.1 Å². The molecule has 30 heavy (non-hydrogen) atoms. The predicted octanol–water partition coefficient (Wildman–Crippen LogP) is 3.47. The largest absolute Gasteiger partial charge is 0.497 e. The van der Waals surface area contributed by atoms with E-state index in [-0.39, 0.29) is 23.7 Å². The minimum Gasteiger partial charge on any atom is -0.497 e. The van der Waals surface area contributed by atoms with Crippen LogP contribution in [0.2, 0.25) is 0 Å². The van der Waals surface area contributed by atoms with Crippen molar-refractivity contribution >= 4 is 17.4 Å². The van der Waals surface area contributed by atoms with Gasteiger partial charge in [0.2, 0.25) is 0 Å². The van der Waals surface area contributed by atoms with Crippen molar-refractivity contribution in [1.82, 2.24) is 5.32 Å². The maximum absolute atomic E-state index is 13.0. The Kier molecular flexibility index (Phi) is 6.67. The van der Waals surface area contributed by atoms with Gasteiger partial charge in [-0.2, -0.15) is 0 Å². The van der Waals surface area contributed by atoms with E-state index in [1.807, 2.05) is 18.2 Å². The summed E-state index contributed by atoms with van der Waals surface area (Å²) in [6.07, 6.45) is 1.01. The smallest absolute Gasteiger partial charge is 0.251 e. The summed E-state index contributed by atoms with van der Waals surface area (Å²) in [6.45, 7) is 5.03. The van der Waals surface area contributed by atoms with Gasteiger partial charge in [-0.3, -0.25) is 14.6 Å². The fourth-order valence-electron chi connectivity index (χ4n) is 3.60. The number of benzene rings is 2. The Morgan fingerprint density at radius 2 is 1.77 bits per heavy atom. The van der Waals surface area contributed by atoms with E-state index >= 15 is 0 Å². The molecule has 0 radical (unpaired) electrons. The van der Waals surface area contributed by atoms with Crippen molar-refractivity contribution in [1.29, 1.82) is 0 Å². The Balaban J connectivity index is 1.77. The lowest BCUT2D eigenvalue weighted by Crippen LogP contribution is -2.30. The molecule has 1 aliphatic rings. The summed E-state index contributed by atoms with van der Waals surface area (Å²) in [4.78, 5) is 29.9. The van der Waals surface area contributed by atoms with Gasteiger partial charge in [0.15, 0.2) is 5.78 Å². The maximum Gasteiger partial charge on any atom is 0.251 e. The highest BCUT2D eigenvalue weighted by molar-refractivity contribution is 6.17. The Bertz CT molecular complexity index is 962. The summed E-state index contributed by atoms with van der Waals surface area (Å²) in [5, 5.41) is 2.77. The minimum atomic E-state index is -0.263. The van der Waals surface area contributed by atoms with E-state index in [0.717, 1.165) is 23.4 Å². The zero-order chi connectivity index (χ0) is 21.7. The van der Waals surface area contributed by atoms with Gasteiger partial charge in [-0.25, -0.2) is 0 Å². The van der Waals surface area contributed by atoms with Crippen LogP contribution in [0.25, 0.3) is 0 Å². The Morgan fingerprint density at radius 1 is 1.07 bits per heavy atom. The quantitative estimate of drug-likeness (QED) is 0.536. The van der Waals surface area contributed by atoms with Crippen LogP contribution in [0.4, 0.5) is 0 Å². The number of methoxy groups -OCH3 is 2. The number of hydrogen-bond donors (Lipinski definition) is 1. The average Bonchev–Trinajstić information content (AvgIpc) is 2.73. The summed E-state index contributed by atoms with van der Waals surface area (Å²) in [7, 11) is 3.21. The van der Waals surface area contributed by atoms with Crippen LogP contribution in [0.5, 0.6) is 5.75 Å². The number of nitrogens with zero attached hydrogens (tertiary/aromatic N) is 1. The van der Waals surface area contributed by atoms with Crippen molar-refractivity contribution in [2.75, 3.05) is 27.4 Å². The lowest BCUT2D eigenvalue weighted by atomic mass is 9.85. The van der Waals surface area contributed by atoms with Crippen LogP contribution in [-0.2, 0) is 11.2 Å². The van der Waals surface area contributed by atoms with Gasteiger partial charge in [0.05, 0.1) is 31.4 Å². The normalized spacial score (nSPS) is 14.5. The van der Waals surface area contributed by atoms with E-state index < -0.39 is 0 Å². The summed E-state index contributed by atoms with van der Waals surface area (Å²) in [5.41, 5.74) is 3.71. The molecule has 2 aromatic rings. The van der Waals surface area contributed by atoms with Gasteiger partial charge >= 0.3 is 0 Å². The van der Waals surface area contributed by atoms with E-state index in [4.69, 9.17) is 14.5 Å². The molecule has 6 nitrogen and oxygen atoms in total.